The second-order valence-electron chi connectivity index (χ2n) is 7.83. The lowest BCUT2D eigenvalue weighted by molar-refractivity contribution is 0.0232. The van der Waals surface area contributed by atoms with Gasteiger partial charge in [-0.15, -0.1) is 0 Å². The highest BCUT2D eigenvalue weighted by Gasteiger charge is 2.22. The van der Waals surface area contributed by atoms with Crippen molar-refractivity contribution >= 4 is 12.0 Å². The third kappa shape index (κ3) is 7.52. The van der Waals surface area contributed by atoms with Crippen molar-refractivity contribution in [2.75, 3.05) is 13.1 Å². The van der Waals surface area contributed by atoms with E-state index in [4.69, 9.17) is 4.74 Å². The Morgan fingerprint density at radius 3 is 2.66 bits per heavy atom. The van der Waals surface area contributed by atoms with Gasteiger partial charge in [0.2, 0.25) is 0 Å². The van der Waals surface area contributed by atoms with E-state index in [2.05, 4.69) is 10.3 Å². The number of hydrogen-bond donors (Lipinski definition) is 1. The van der Waals surface area contributed by atoms with Gasteiger partial charge < -0.3 is 15.0 Å². The van der Waals surface area contributed by atoms with E-state index in [1.165, 1.54) is 12.1 Å². The summed E-state index contributed by atoms with van der Waals surface area (Å²) >= 11 is 0. The fourth-order valence-corrected chi connectivity index (χ4v) is 2.68. The molecular weight excluding hydrogens is 373 g/mol. The van der Waals surface area contributed by atoms with Crippen LogP contribution < -0.4 is 5.32 Å². The number of benzene rings is 1. The molecule has 0 aliphatic heterocycles. The summed E-state index contributed by atoms with van der Waals surface area (Å²) < 4.78 is 18.9. The molecule has 1 heterocycles. The molecule has 0 fully saturated rings. The van der Waals surface area contributed by atoms with Crippen LogP contribution in [-0.4, -0.2) is 40.6 Å². The van der Waals surface area contributed by atoms with E-state index in [0.29, 0.717) is 37.2 Å². The first kappa shape index (κ1) is 22.3. The molecule has 156 valence electrons. The first-order chi connectivity index (χ1) is 13.7. The van der Waals surface area contributed by atoms with E-state index in [9.17, 15) is 14.0 Å². The van der Waals surface area contributed by atoms with E-state index >= 15 is 0 Å². The Kier molecular flexibility index (Phi) is 7.70. The van der Waals surface area contributed by atoms with E-state index in [1.54, 1.807) is 30.3 Å². The Labute approximate surface area is 171 Å². The number of halogens is 1. The predicted octanol–water partition coefficient (Wildman–Crippen LogP) is 4.09. The van der Waals surface area contributed by atoms with Gasteiger partial charge in [-0.2, -0.15) is 0 Å². The first-order valence-electron chi connectivity index (χ1n) is 9.57. The molecule has 29 heavy (non-hydrogen) atoms. The van der Waals surface area contributed by atoms with Crippen molar-refractivity contribution in [2.24, 2.45) is 0 Å². The number of amides is 2. The molecule has 2 amide bonds. The summed E-state index contributed by atoms with van der Waals surface area (Å²) in [7, 11) is 0. The van der Waals surface area contributed by atoms with Crippen LogP contribution in [0.4, 0.5) is 9.18 Å². The van der Waals surface area contributed by atoms with Crippen molar-refractivity contribution in [1.29, 1.82) is 0 Å². The second kappa shape index (κ2) is 10.0. The molecule has 2 aromatic rings. The molecular formula is C22H28FN3O3. The van der Waals surface area contributed by atoms with Crippen molar-refractivity contribution in [1.82, 2.24) is 15.2 Å². The van der Waals surface area contributed by atoms with Gasteiger partial charge in [0.05, 0.1) is 6.54 Å². The molecule has 0 bridgehead atoms. The van der Waals surface area contributed by atoms with Gasteiger partial charge >= 0.3 is 6.09 Å². The maximum Gasteiger partial charge on any atom is 0.410 e. The number of ether oxygens (including phenoxy) is 1. The van der Waals surface area contributed by atoms with Crippen molar-refractivity contribution < 1.29 is 18.7 Å². The average Bonchev–Trinajstić information content (AvgIpc) is 2.65. The maximum atomic E-state index is 13.4. The Hall–Kier alpha value is -2.96. The van der Waals surface area contributed by atoms with Crippen LogP contribution in [0.15, 0.2) is 42.7 Å². The maximum absolute atomic E-state index is 13.4. The SMILES string of the molecule is Cc1ccc(F)cc1C(=O)NCCCN(Cc1cccnc1)C(=O)OC(C)(C)C. The minimum Gasteiger partial charge on any atom is -0.444 e. The number of nitrogens with zero attached hydrogens (tertiary/aromatic N) is 2. The minimum absolute atomic E-state index is 0.310. The van der Waals surface area contributed by atoms with Crippen LogP contribution in [0.5, 0.6) is 0 Å². The quantitative estimate of drug-likeness (QED) is 0.710. The smallest absolute Gasteiger partial charge is 0.410 e. The number of aryl methyl sites for hydroxylation is 1. The zero-order valence-corrected chi connectivity index (χ0v) is 17.4. The zero-order chi connectivity index (χ0) is 21.4. The van der Waals surface area contributed by atoms with Crippen molar-refractivity contribution in [3.05, 3.63) is 65.2 Å². The van der Waals surface area contributed by atoms with Crippen LogP contribution in [0.2, 0.25) is 0 Å². The third-order valence-electron chi connectivity index (χ3n) is 4.08. The number of nitrogens with one attached hydrogen (secondary N) is 1. The summed E-state index contributed by atoms with van der Waals surface area (Å²) in [5.74, 6) is -0.786. The Morgan fingerprint density at radius 1 is 1.24 bits per heavy atom. The van der Waals surface area contributed by atoms with Gasteiger partial charge in [0.1, 0.15) is 11.4 Å². The summed E-state index contributed by atoms with van der Waals surface area (Å²) in [6.45, 7) is 8.30. The molecule has 1 aromatic carbocycles. The van der Waals surface area contributed by atoms with Gasteiger partial charge in [0.15, 0.2) is 0 Å². The number of carbonyl (C=O) groups excluding carboxylic acids is 2. The Morgan fingerprint density at radius 2 is 2.00 bits per heavy atom. The van der Waals surface area contributed by atoms with Crippen LogP contribution in [-0.2, 0) is 11.3 Å². The number of carbonyl (C=O) groups is 2. The van der Waals surface area contributed by atoms with E-state index in [0.717, 1.165) is 5.56 Å². The summed E-state index contributed by atoms with van der Waals surface area (Å²) in [6.07, 6.45) is 3.48. The highest BCUT2D eigenvalue weighted by atomic mass is 19.1. The summed E-state index contributed by atoms with van der Waals surface area (Å²) in [5.41, 5.74) is 1.30. The van der Waals surface area contributed by atoms with Gasteiger partial charge in [-0.1, -0.05) is 12.1 Å². The van der Waals surface area contributed by atoms with Gasteiger partial charge in [-0.25, -0.2) is 9.18 Å². The van der Waals surface area contributed by atoms with E-state index in [1.807, 2.05) is 32.9 Å². The molecule has 0 aliphatic rings. The largest absolute Gasteiger partial charge is 0.444 e. The monoisotopic (exact) mass is 401 g/mol. The highest BCUT2D eigenvalue weighted by molar-refractivity contribution is 5.95. The minimum atomic E-state index is -0.604. The highest BCUT2D eigenvalue weighted by Crippen LogP contribution is 2.13. The molecule has 0 aliphatic carbocycles. The molecule has 0 saturated carbocycles. The van der Waals surface area contributed by atoms with Gasteiger partial charge in [0, 0.05) is 31.0 Å². The molecule has 1 aromatic heterocycles. The molecule has 0 unspecified atom stereocenters. The molecule has 0 radical (unpaired) electrons. The molecule has 1 N–H and O–H groups in total. The van der Waals surface area contributed by atoms with Crippen molar-refractivity contribution in [3.63, 3.8) is 0 Å². The lowest BCUT2D eigenvalue weighted by Crippen LogP contribution is -2.38. The lowest BCUT2D eigenvalue weighted by atomic mass is 10.1. The first-order valence-corrected chi connectivity index (χ1v) is 9.57. The summed E-state index contributed by atoms with van der Waals surface area (Å²) in [4.78, 5) is 30.5. The number of aromatic nitrogens is 1. The number of pyridine rings is 1. The number of rotatable bonds is 7. The third-order valence-corrected chi connectivity index (χ3v) is 4.08. The summed E-state index contributed by atoms with van der Waals surface area (Å²) in [6, 6.07) is 7.81. The summed E-state index contributed by atoms with van der Waals surface area (Å²) in [5, 5.41) is 2.78. The fraction of sp³-hybridized carbons (Fsp3) is 0.409. The predicted molar refractivity (Wildman–Crippen MR) is 109 cm³/mol. The van der Waals surface area contributed by atoms with Crippen LogP contribution in [0, 0.1) is 12.7 Å². The molecule has 7 heteroatoms. The lowest BCUT2D eigenvalue weighted by Gasteiger charge is -2.27. The van der Waals surface area contributed by atoms with Crippen LogP contribution in [0.25, 0.3) is 0 Å². The van der Waals surface area contributed by atoms with Crippen LogP contribution >= 0.6 is 0 Å². The van der Waals surface area contributed by atoms with E-state index in [-0.39, 0.29) is 5.91 Å². The van der Waals surface area contributed by atoms with Gasteiger partial charge in [0.25, 0.3) is 5.91 Å². The topological polar surface area (TPSA) is 71.5 Å². The van der Waals surface area contributed by atoms with Crippen molar-refractivity contribution in [3.8, 4) is 0 Å². The fourth-order valence-electron chi connectivity index (χ4n) is 2.68. The van der Waals surface area contributed by atoms with Gasteiger partial charge in [-0.3, -0.25) is 9.78 Å². The average molecular weight is 401 g/mol. The molecule has 0 atom stereocenters. The molecule has 0 saturated heterocycles. The normalized spacial score (nSPS) is 11.1. The second-order valence-corrected chi connectivity index (χ2v) is 7.83. The van der Waals surface area contributed by atoms with E-state index < -0.39 is 17.5 Å². The Bertz CT molecular complexity index is 835. The van der Waals surface area contributed by atoms with Crippen LogP contribution in [0.3, 0.4) is 0 Å². The Balaban J connectivity index is 1.93. The molecule has 0 spiro atoms. The van der Waals surface area contributed by atoms with Crippen molar-refractivity contribution in [2.45, 2.75) is 46.3 Å². The number of hydrogen-bond acceptors (Lipinski definition) is 4. The molecule has 2 rings (SSSR count). The molecule has 6 nitrogen and oxygen atoms in total. The zero-order valence-electron chi connectivity index (χ0n) is 17.4. The van der Waals surface area contributed by atoms with Gasteiger partial charge in [-0.05, 0) is 63.4 Å². The van der Waals surface area contributed by atoms with Crippen LogP contribution in [0.1, 0.15) is 48.7 Å². The standard InChI is InChI=1S/C22H28FN3O3/c1-16-8-9-18(23)13-19(16)20(27)25-11-6-12-26(21(28)29-22(2,3)4)15-17-7-5-10-24-14-17/h5,7-10,13-14H,6,11-12,15H2,1-4H3,(H,25,27).